The number of ether oxygens (including phenoxy) is 2. The lowest BCUT2D eigenvalue weighted by molar-refractivity contribution is -0.137. The summed E-state index contributed by atoms with van der Waals surface area (Å²) in [6.45, 7) is 5.13. The SMILES string of the molecule is CCOC(=O)c1cnc2cc(OC)c(N3CCN(C)CC3)cc2c1Nc1cccc(C(F)(F)F)c1. The number of likely N-dealkylation sites (N-methyl/N-ethyl adjacent to an activating group) is 1. The van der Waals surface area contributed by atoms with E-state index >= 15 is 0 Å². The summed E-state index contributed by atoms with van der Waals surface area (Å²) in [5.41, 5.74) is 1.20. The molecule has 2 heterocycles. The molecule has 0 atom stereocenters. The molecule has 35 heavy (non-hydrogen) atoms. The summed E-state index contributed by atoms with van der Waals surface area (Å²) >= 11 is 0. The molecule has 0 radical (unpaired) electrons. The summed E-state index contributed by atoms with van der Waals surface area (Å²) in [5.74, 6) is 0.0109. The van der Waals surface area contributed by atoms with Gasteiger partial charge in [-0.25, -0.2) is 4.79 Å². The monoisotopic (exact) mass is 488 g/mol. The Balaban J connectivity index is 1.87. The number of fused-ring (bicyclic) bond motifs is 1. The molecule has 2 aromatic carbocycles. The molecular weight excluding hydrogens is 461 g/mol. The topological polar surface area (TPSA) is 66.9 Å². The van der Waals surface area contributed by atoms with Gasteiger partial charge in [-0.3, -0.25) is 4.98 Å². The van der Waals surface area contributed by atoms with Gasteiger partial charge in [0.15, 0.2) is 0 Å². The van der Waals surface area contributed by atoms with Crippen molar-refractivity contribution in [3.05, 3.63) is 53.7 Å². The van der Waals surface area contributed by atoms with Crippen molar-refractivity contribution < 1.29 is 27.4 Å². The number of pyridine rings is 1. The summed E-state index contributed by atoms with van der Waals surface area (Å²) in [5, 5.41) is 3.61. The standard InChI is InChI=1S/C25H27F3N4O3/c1-4-35-24(33)19-15-29-20-14-22(34-3)21(32-10-8-31(2)9-11-32)13-18(20)23(19)30-17-7-5-6-16(12-17)25(26,27)28/h5-7,12-15H,4,8-11H2,1-3H3,(H,29,30). The third-order valence-electron chi connectivity index (χ3n) is 5.97. The number of alkyl halides is 3. The predicted octanol–water partition coefficient (Wildman–Crippen LogP) is 4.93. The number of anilines is 3. The summed E-state index contributed by atoms with van der Waals surface area (Å²) in [6.07, 6.45) is -3.13. The molecule has 4 rings (SSSR count). The average Bonchev–Trinajstić information content (AvgIpc) is 2.83. The maximum absolute atomic E-state index is 13.3. The highest BCUT2D eigenvalue weighted by atomic mass is 19.4. The normalized spacial score (nSPS) is 14.7. The second kappa shape index (κ2) is 9.99. The van der Waals surface area contributed by atoms with Crippen molar-refractivity contribution in [3.63, 3.8) is 0 Å². The first kappa shape index (κ1) is 24.6. The second-order valence-corrected chi connectivity index (χ2v) is 8.30. The van der Waals surface area contributed by atoms with Crippen LogP contribution >= 0.6 is 0 Å². The Morgan fingerprint density at radius 3 is 2.54 bits per heavy atom. The molecule has 0 amide bonds. The quantitative estimate of drug-likeness (QED) is 0.494. The number of halogens is 3. The van der Waals surface area contributed by atoms with Crippen LogP contribution in [0.4, 0.5) is 30.2 Å². The molecule has 3 aromatic rings. The van der Waals surface area contributed by atoms with Gasteiger partial charge in [-0.1, -0.05) is 6.07 Å². The highest BCUT2D eigenvalue weighted by molar-refractivity contribution is 6.07. The first-order valence-electron chi connectivity index (χ1n) is 11.3. The van der Waals surface area contributed by atoms with Crippen LogP contribution in [0.3, 0.4) is 0 Å². The van der Waals surface area contributed by atoms with Gasteiger partial charge in [0.2, 0.25) is 0 Å². The van der Waals surface area contributed by atoms with Gasteiger partial charge in [0.25, 0.3) is 0 Å². The van der Waals surface area contributed by atoms with Crippen molar-refractivity contribution in [2.75, 3.05) is 57.2 Å². The Morgan fingerprint density at radius 1 is 1.14 bits per heavy atom. The fourth-order valence-electron chi connectivity index (χ4n) is 4.08. The maximum Gasteiger partial charge on any atom is 0.416 e. The highest BCUT2D eigenvalue weighted by Gasteiger charge is 2.30. The van der Waals surface area contributed by atoms with Crippen LogP contribution in [0.15, 0.2) is 42.6 Å². The summed E-state index contributed by atoms with van der Waals surface area (Å²) in [7, 11) is 3.64. The van der Waals surface area contributed by atoms with Gasteiger partial charge in [0.1, 0.15) is 11.3 Å². The Morgan fingerprint density at radius 2 is 1.89 bits per heavy atom. The Kier molecular flexibility index (Phi) is 7.02. The maximum atomic E-state index is 13.3. The van der Waals surface area contributed by atoms with Crippen LogP contribution < -0.4 is 15.0 Å². The lowest BCUT2D eigenvalue weighted by Gasteiger charge is -2.35. The number of rotatable bonds is 6. The zero-order chi connectivity index (χ0) is 25.2. The molecule has 1 fully saturated rings. The molecule has 1 saturated heterocycles. The molecule has 0 bridgehead atoms. The fraction of sp³-hybridized carbons (Fsp3) is 0.360. The number of piperazine rings is 1. The number of carbonyl (C=O) groups is 1. The minimum atomic E-state index is -4.50. The van der Waals surface area contributed by atoms with Crippen LogP contribution in [0.2, 0.25) is 0 Å². The van der Waals surface area contributed by atoms with Crippen molar-refractivity contribution >= 4 is 33.9 Å². The van der Waals surface area contributed by atoms with E-state index in [2.05, 4.69) is 27.1 Å². The highest BCUT2D eigenvalue weighted by Crippen LogP contribution is 2.39. The number of esters is 1. The van der Waals surface area contributed by atoms with Crippen LogP contribution in [0, 0.1) is 0 Å². The van der Waals surface area contributed by atoms with Crippen molar-refractivity contribution in [3.8, 4) is 5.75 Å². The van der Waals surface area contributed by atoms with Crippen molar-refractivity contribution in [1.29, 1.82) is 0 Å². The number of hydrogen-bond acceptors (Lipinski definition) is 7. The molecule has 186 valence electrons. The smallest absolute Gasteiger partial charge is 0.416 e. The van der Waals surface area contributed by atoms with Crippen molar-refractivity contribution in [2.45, 2.75) is 13.1 Å². The van der Waals surface area contributed by atoms with E-state index in [-0.39, 0.29) is 17.9 Å². The van der Waals surface area contributed by atoms with Crippen molar-refractivity contribution in [1.82, 2.24) is 9.88 Å². The van der Waals surface area contributed by atoms with E-state index in [0.29, 0.717) is 22.3 Å². The van der Waals surface area contributed by atoms with E-state index in [1.54, 1.807) is 20.1 Å². The molecule has 7 nitrogen and oxygen atoms in total. The van der Waals surface area contributed by atoms with E-state index in [1.807, 2.05) is 6.07 Å². The Bertz CT molecular complexity index is 1220. The molecule has 1 aliphatic rings. The van der Waals surface area contributed by atoms with Gasteiger partial charge in [-0.15, -0.1) is 0 Å². The van der Waals surface area contributed by atoms with Crippen molar-refractivity contribution in [2.24, 2.45) is 0 Å². The van der Waals surface area contributed by atoms with E-state index < -0.39 is 17.7 Å². The number of nitrogens with zero attached hydrogens (tertiary/aromatic N) is 3. The number of aromatic nitrogens is 1. The lowest BCUT2D eigenvalue weighted by atomic mass is 10.1. The number of methoxy groups -OCH3 is 1. The van der Waals surface area contributed by atoms with E-state index in [4.69, 9.17) is 9.47 Å². The number of benzene rings is 2. The summed E-state index contributed by atoms with van der Waals surface area (Å²) in [4.78, 5) is 21.6. The molecule has 1 N–H and O–H groups in total. The molecule has 1 aliphatic heterocycles. The molecule has 0 aliphatic carbocycles. The molecule has 0 unspecified atom stereocenters. The minimum absolute atomic E-state index is 0.131. The number of carbonyl (C=O) groups excluding carboxylic acids is 1. The van der Waals surface area contributed by atoms with Gasteiger partial charge in [-0.05, 0) is 38.2 Å². The fourth-order valence-corrected chi connectivity index (χ4v) is 4.08. The van der Waals surface area contributed by atoms with E-state index in [9.17, 15) is 18.0 Å². The molecular formula is C25H27F3N4O3. The van der Waals surface area contributed by atoms with Crippen LogP contribution in [0.1, 0.15) is 22.8 Å². The predicted molar refractivity (Wildman–Crippen MR) is 129 cm³/mol. The summed E-state index contributed by atoms with van der Waals surface area (Å²) in [6, 6.07) is 8.48. The zero-order valence-corrected chi connectivity index (χ0v) is 19.8. The Hall–Kier alpha value is -3.53. The van der Waals surface area contributed by atoms with E-state index in [0.717, 1.165) is 44.0 Å². The lowest BCUT2D eigenvalue weighted by Crippen LogP contribution is -2.44. The van der Waals surface area contributed by atoms with Gasteiger partial charge >= 0.3 is 12.1 Å². The molecule has 1 aromatic heterocycles. The first-order chi connectivity index (χ1) is 16.7. The van der Waals surface area contributed by atoms with Crippen LogP contribution in [-0.4, -0.2) is 62.8 Å². The molecule has 0 spiro atoms. The third kappa shape index (κ3) is 5.27. The van der Waals surface area contributed by atoms with Gasteiger partial charge in [0, 0.05) is 49.5 Å². The minimum Gasteiger partial charge on any atom is -0.495 e. The summed E-state index contributed by atoms with van der Waals surface area (Å²) < 4.78 is 50.7. The number of hydrogen-bond donors (Lipinski definition) is 1. The average molecular weight is 489 g/mol. The third-order valence-corrected chi connectivity index (χ3v) is 5.97. The van der Waals surface area contributed by atoms with Crippen LogP contribution in [0.25, 0.3) is 10.9 Å². The van der Waals surface area contributed by atoms with Crippen LogP contribution in [-0.2, 0) is 10.9 Å². The molecule has 10 heteroatoms. The Labute approximate surface area is 201 Å². The van der Waals surface area contributed by atoms with Crippen LogP contribution in [0.5, 0.6) is 5.75 Å². The van der Waals surface area contributed by atoms with Gasteiger partial charge in [-0.2, -0.15) is 13.2 Å². The van der Waals surface area contributed by atoms with E-state index in [1.165, 1.54) is 18.3 Å². The zero-order valence-electron chi connectivity index (χ0n) is 19.8. The number of nitrogens with one attached hydrogen (secondary N) is 1. The van der Waals surface area contributed by atoms with Gasteiger partial charge in [0.05, 0.1) is 36.2 Å². The van der Waals surface area contributed by atoms with Gasteiger partial charge < -0.3 is 24.6 Å². The second-order valence-electron chi connectivity index (χ2n) is 8.30. The molecule has 0 saturated carbocycles. The first-order valence-corrected chi connectivity index (χ1v) is 11.3. The largest absolute Gasteiger partial charge is 0.495 e.